The molecule has 0 spiro atoms. The molecule has 0 saturated carbocycles. The standard InChI is InChI=1S/C9H8O2.C6H15N.HI.Na/c10-9(11)7-6-8-4-2-1-3-5-8;1-4-7(5-2)6-3;;/h1-7H,(H,10,11);4-6H2,1-3H3;1H;/q;;;+1/p-1. The molecule has 0 aromatic heterocycles. The summed E-state index contributed by atoms with van der Waals surface area (Å²) in [6, 6.07) is 9.31. The molecule has 5 heteroatoms. The number of benzene rings is 1. The molecule has 1 aromatic rings. The van der Waals surface area contributed by atoms with Gasteiger partial charge in [-0.05, 0) is 31.3 Å². The van der Waals surface area contributed by atoms with E-state index in [0.29, 0.717) is 0 Å². The molecule has 0 heterocycles. The number of rotatable bonds is 5. The van der Waals surface area contributed by atoms with E-state index in [4.69, 9.17) is 5.11 Å². The van der Waals surface area contributed by atoms with Crippen LogP contribution >= 0.6 is 0 Å². The first-order chi connectivity index (χ1) is 8.63. The third-order valence-electron chi connectivity index (χ3n) is 2.56. The molecule has 0 aliphatic heterocycles. The Kier molecular flexibility index (Phi) is 21.5. The fourth-order valence-electron chi connectivity index (χ4n) is 1.40. The van der Waals surface area contributed by atoms with E-state index in [0.717, 1.165) is 11.6 Å². The number of hydrogen-bond acceptors (Lipinski definition) is 2. The second kappa shape index (κ2) is 17.2. The van der Waals surface area contributed by atoms with E-state index in [1.807, 2.05) is 30.3 Å². The molecule has 0 aliphatic rings. The Labute approximate surface area is 161 Å². The maximum atomic E-state index is 10.1. The molecule has 1 N–H and O–H groups in total. The molecule has 108 valence electrons. The van der Waals surface area contributed by atoms with E-state index >= 15 is 0 Å². The van der Waals surface area contributed by atoms with Crippen molar-refractivity contribution in [1.29, 1.82) is 0 Å². The van der Waals surface area contributed by atoms with Gasteiger partial charge in [-0.1, -0.05) is 51.1 Å². The Morgan fingerprint density at radius 1 is 1.10 bits per heavy atom. The van der Waals surface area contributed by atoms with Crippen LogP contribution in [0.1, 0.15) is 26.3 Å². The number of carbonyl (C=O) groups is 1. The zero-order chi connectivity index (χ0) is 13.8. The summed E-state index contributed by atoms with van der Waals surface area (Å²) in [4.78, 5) is 12.5. The van der Waals surface area contributed by atoms with Gasteiger partial charge in [-0.2, -0.15) is 0 Å². The molecule has 0 unspecified atom stereocenters. The van der Waals surface area contributed by atoms with E-state index < -0.39 is 5.97 Å². The maximum absolute atomic E-state index is 10.1. The van der Waals surface area contributed by atoms with Gasteiger partial charge in [0.1, 0.15) is 0 Å². The van der Waals surface area contributed by atoms with E-state index in [-0.39, 0.29) is 53.5 Å². The van der Waals surface area contributed by atoms with Gasteiger partial charge in [-0.3, -0.25) is 0 Å². The van der Waals surface area contributed by atoms with Gasteiger partial charge >= 0.3 is 35.5 Å². The number of halogens is 1. The molecular formula is C15H23INNaO2. The van der Waals surface area contributed by atoms with Crippen LogP contribution in [0.2, 0.25) is 0 Å². The van der Waals surface area contributed by atoms with Crippen molar-refractivity contribution in [2.24, 2.45) is 0 Å². The van der Waals surface area contributed by atoms with E-state index in [9.17, 15) is 4.79 Å². The van der Waals surface area contributed by atoms with Crippen LogP contribution in [0.25, 0.3) is 6.08 Å². The zero-order valence-electron chi connectivity index (χ0n) is 12.8. The summed E-state index contributed by atoms with van der Waals surface area (Å²) < 4.78 is 0. The predicted octanol–water partition coefficient (Wildman–Crippen LogP) is -2.86. The van der Waals surface area contributed by atoms with Gasteiger partial charge < -0.3 is 34.0 Å². The molecule has 0 bridgehead atoms. The fourth-order valence-corrected chi connectivity index (χ4v) is 1.40. The van der Waals surface area contributed by atoms with Gasteiger partial charge in [0.05, 0.1) is 0 Å². The van der Waals surface area contributed by atoms with Crippen LogP contribution in [0.3, 0.4) is 0 Å². The molecule has 0 aliphatic carbocycles. The Morgan fingerprint density at radius 3 is 1.85 bits per heavy atom. The van der Waals surface area contributed by atoms with Crippen molar-refractivity contribution >= 4 is 12.0 Å². The summed E-state index contributed by atoms with van der Waals surface area (Å²) in [5.74, 6) is -0.922. The Balaban J connectivity index is -0.000000286. The monoisotopic (exact) mass is 399 g/mol. The van der Waals surface area contributed by atoms with Crippen molar-refractivity contribution < 1.29 is 63.4 Å². The van der Waals surface area contributed by atoms with Crippen molar-refractivity contribution in [1.82, 2.24) is 4.90 Å². The fraction of sp³-hybridized carbons (Fsp3) is 0.400. The third kappa shape index (κ3) is 14.5. The van der Waals surface area contributed by atoms with Crippen molar-refractivity contribution in [3.63, 3.8) is 0 Å². The molecule has 1 rings (SSSR count). The number of carboxylic acid groups (broad SMARTS) is 1. The smallest absolute Gasteiger partial charge is 1.00 e. The summed E-state index contributed by atoms with van der Waals surface area (Å²) in [6.45, 7) is 10.1. The first-order valence-corrected chi connectivity index (χ1v) is 6.32. The van der Waals surface area contributed by atoms with Crippen molar-refractivity contribution in [2.45, 2.75) is 20.8 Å². The molecule has 1 aromatic carbocycles. The third-order valence-corrected chi connectivity index (χ3v) is 2.56. The molecule has 0 fully saturated rings. The Bertz CT molecular complexity index is 349. The average molecular weight is 399 g/mol. The Hall–Kier alpha value is 0.120. The first kappa shape index (κ1) is 25.1. The van der Waals surface area contributed by atoms with E-state index in [1.165, 1.54) is 19.6 Å². The minimum atomic E-state index is -0.922. The van der Waals surface area contributed by atoms with Crippen LogP contribution in [0.4, 0.5) is 0 Å². The number of nitrogens with zero attached hydrogens (tertiary/aromatic N) is 1. The topological polar surface area (TPSA) is 40.5 Å². The van der Waals surface area contributed by atoms with Crippen LogP contribution < -0.4 is 53.5 Å². The number of hydrogen-bond donors (Lipinski definition) is 1. The van der Waals surface area contributed by atoms with Crippen LogP contribution in [-0.4, -0.2) is 35.6 Å². The van der Waals surface area contributed by atoms with Gasteiger partial charge in [-0.15, -0.1) is 0 Å². The molecule has 3 nitrogen and oxygen atoms in total. The molecular weight excluding hydrogens is 376 g/mol. The zero-order valence-corrected chi connectivity index (χ0v) is 17.0. The number of aliphatic carboxylic acids is 1. The molecule has 0 saturated heterocycles. The molecule has 20 heavy (non-hydrogen) atoms. The average Bonchev–Trinajstić information content (AvgIpc) is 2.40. The number of carboxylic acids is 1. The molecule has 0 amide bonds. The van der Waals surface area contributed by atoms with Crippen LogP contribution in [0.15, 0.2) is 36.4 Å². The van der Waals surface area contributed by atoms with Crippen molar-refractivity contribution in [3.05, 3.63) is 42.0 Å². The normalized spacial score (nSPS) is 9.20. The maximum Gasteiger partial charge on any atom is 1.00 e. The van der Waals surface area contributed by atoms with Gasteiger partial charge in [0.15, 0.2) is 0 Å². The van der Waals surface area contributed by atoms with Gasteiger partial charge in [0.2, 0.25) is 0 Å². The van der Waals surface area contributed by atoms with Gasteiger partial charge in [-0.25, -0.2) is 4.79 Å². The largest absolute Gasteiger partial charge is 1.00 e. The minimum Gasteiger partial charge on any atom is -1.00 e. The SMILES string of the molecule is CCN(CC)CC.O=C(O)C=Cc1ccccc1.[I-].[Na+]. The molecule has 0 radical (unpaired) electrons. The summed E-state index contributed by atoms with van der Waals surface area (Å²) in [7, 11) is 0. The predicted molar refractivity (Wildman–Crippen MR) is 76.6 cm³/mol. The summed E-state index contributed by atoms with van der Waals surface area (Å²) in [6.07, 6.45) is 2.68. The molecule has 0 atom stereocenters. The summed E-state index contributed by atoms with van der Waals surface area (Å²) in [5.41, 5.74) is 0.898. The van der Waals surface area contributed by atoms with Gasteiger partial charge in [0.25, 0.3) is 0 Å². The minimum absolute atomic E-state index is 0. The van der Waals surface area contributed by atoms with E-state index in [2.05, 4.69) is 25.7 Å². The first-order valence-electron chi connectivity index (χ1n) is 6.32. The second-order valence-corrected chi connectivity index (χ2v) is 3.70. The summed E-state index contributed by atoms with van der Waals surface area (Å²) in [5, 5.41) is 8.29. The van der Waals surface area contributed by atoms with E-state index in [1.54, 1.807) is 6.08 Å². The quantitative estimate of drug-likeness (QED) is 0.329. The van der Waals surface area contributed by atoms with Crippen LogP contribution in [0, 0.1) is 0 Å². The van der Waals surface area contributed by atoms with Crippen LogP contribution in [-0.2, 0) is 4.79 Å². The van der Waals surface area contributed by atoms with Crippen molar-refractivity contribution in [2.75, 3.05) is 19.6 Å². The van der Waals surface area contributed by atoms with Gasteiger partial charge in [0, 0.05) is 6.08 Å². The van der Waals surface area contributed by atoms with Crippen molar-refractivity contribution in [3.8, 4) is 0 Å². The Morgan fingerprint density at radius 2 is 1.55 bits per heavy atom. The van der Waals surface area contributed by atoms with Crippen LogP contribution in [0.5, 0.6) is 0 Å². The summed E-state index contributed by atoms with van der Waals surface area (Å²) >= 11 is 0. The second-order valence-electron chi connectivity index (χ2n) is 3.70.